The summed E-state index contributed by atoms with van der Waals surface area (Å²) >= 11 is 5.94. The summed E-state index contributed by atoms with van der Waals surface area (Å²) in [7, 11) is 0. The Bertz CT molecular complexity index is 626. The molecule has 0 radical (unpaired) electrons. The van der Waals surface area contributed by atoms with E-state index >= 15 is 0 Å². The first-order valence-electron chi connectivity index (χ1n) is 6.77. The van der Waals surface area contributed by atoms with Crippen LogP contribution >= 0.6 is 11.6 Å². The first-order chi connectivity index (χ1) is 9.52. The molecule has 0 aromatic carbocycles. The molecule has 2 unspecified atom stereocenters. The van der Waals surface area contributed by atoms with Crippen molar-refractivity contribution in [2.24, 2.45) is 5.41 Å². The van der Waals surface area contributed by atoms with Gasteiger partial charge in [-0.3, -0.25) is 5.10 Å². The molecule has 0 aliphatic heterocycles. The molecule has 1 fully saturated rings. The number of rotatable bonds is 4. The monoisotopic (exact) mass is 295 g/mol. The van der Waals surface area contributed by atoms with Gasteiger partial charge in [0.25, 0.3) is 0 Å². The number of anilines is 1. The predicted molar refractivity (Wildman–Crippen MR) is 77.9 cm³/mol. The molecule has 3 rings (SSSR count). The van der Waals surface area contributed by atoms with E-state index in [4.69, 9.17) is 16.3 Å². The van der Waals surface area contributed by atoms with Crippen molar-refractivity contribution in [3.63, 3.8) is 0 Å². The first kappa shape index (κ1) is 13.6. The van der Waals surface area contributed by atoms with E-state index in [0.717, 1.165) is 24.2 Å². The van der Waals surface area contributed by atoms with Gasteiger partial charge < -0.3 is 10.1 Å². The molecular weight excluding hydrogens is 278 g/mol. The minimum Gasteiger partial charge on any atom is -0.378 e. The lowest BCUT2D eigenvalue weighted by molar-refractivity contribution is -0.0976. The summed E-state index contributed by atoms with van der Waals surface area (Å²) < 4.78 is 5.74. The number of nitrogens with zero attached hydrogens (tertiary/aromatic N) is 3. The Morgan fingerprint density at radius 2 is 2.30 bits per heavy atom. The summed E-state index contributed by atoms with van der Waals surface area (Å²) in [6.07, 6.45) is 2.95. The maximum atomic E-state index is 5.94. The van der Waals surface area contributed by atoms with Crippen LogP contribution in [0.25, 0.3) is 11.0 Å². The number of halogens is 1. The average molecular weight is 296 g/mol. The highest BCUT2D eigenvalue weighted by molar-refractivity contribution is 6.28. The number of hydrogen-bond donors (Lipinski definition) is 2. The molecule has 0 saturated heterocycles. The number of H-pyrrole nitrogens is 1. The van der Waals surface area contributed by atoms with Gasteiger partial charge in [-0.15, -0.1) is 0 Å². The summed E-state index contributed by atoms with van der Waals surface area (Å²) in [6, 6.07) is 0.295. The van der Waals surface area contributed by atoms with Crippen molar-refractivity contribution < 1.29 is 4.74 Å². The molecule has 2 atom stereocenters. The Labute approximate surface area is 122 Å². The minimum absolute atomic E-state index is 0.0590. The van der Waals surface area contributed by atoms with E-state index in [1.54, 1.807) is 6.20 Å². The molecule has 108 valence electrons. The smallest absolute Gasteiger partial charge is 0.226 e. The SMILES string of the molecule is CCOC1CC(Nc2nc(Cl)nc3[nH]ncc23)C1(C)C. The van der Waals surface area contributed by atoms with Gasteiger partial charge in [0.05, 0.1) is 17.7 Å². The molecule has 2 N–H and O–H groups in total. The van der Waals surface area contributed by atoms with Gasteiger partial charge in [0.15, 0.2) is 5.65 Å². The molecule has 0 amide bonds. The molecule has 20 heavy (non-hydrogen) atoms. The topological polar surface area (TPSA) is 75.7 Å². The van der Waals surface area contributed by atoms with E-state index in [1.165, 1.54) is 0 Å². The van der Waals surface area contributed by atoms with Crippen LogP contribution in [-0.2, 0) is 4.74 Å². The van der Waals surface area contributed by atoms with Gasteiger partial charge >= 0.3 is 0 Å². The van der Waals surface area contributed by atoms with E-state index in [0.29, 0.717) is 11.7 Å². The van der Waals surface area contributed by atoms with Crippen molar-refractivity contribution in [2.75, 3.05) is 11.9 Å². The van der Waals surface area contributed by atoms with E-state index in [9.17, 15) is 0 Å². The molecule has 6 nitrogen and oxygen atoms in total. The van der Waals surface area contributed by atoms with Crippen molar-refractivity contribution in [3.8, 4) is 0 Å². The molecule has 0 bridgehead atoms. The average Bonchev–Trinajstić information content (AvgIpc) is 2.85. The maximum Gasteiger partial charge on any atom is 0.226 e. The van der Waals surface area contributed by atoms with Gasteiger partial charge in [-0.05, 0) is 24.9 Å². The highest BCUT2D eigenvalue weighted by atomic mass is 35.5. The molecule has 1 aliphatic carbocycles. The van der Waals surface area contributed by atoms with Crippen LogP contribution in [0, 0.1) is 5.41 Å². The zero-order valence-corrected chi connectivity index (χ0v) is 12.5. The molecular formula is C13H18ClN5O. The summed E-state index contributed by atoms with van der Waals surface area (Å²) in [5.41, 5.74) is 0.703. The van der Waals surface area contributed by atoms with Crippen LogP contribution in [0.2, 0.25) is 5.28 Å². The Balaban J connectivity index is 1.83. The molecule has 0 spiro atoms. The predicted octanol–water partition coefficient (Wildman–Crippen LogP) is 2.62. The van der Waals surface area contributed by atoms with Crippen molar-refractivity contribution in [1.82, 2.24) is 20.2 Å². The van der Waals surface area contributed by atoms with Gasteiger partial charge in [-0.1, -0.05) is 13.8 Å². The van der Waals surface area contributed by atoms with Gasteiger partial charge in [0.2, 0.25) is 5.28 Å². The van der Waals surface area contributed by atoms with E-state index in [-0.39, 0.29) is 16.8 Å². The zero-order valence-electron chi connectivity index (χ0n) is 11.8. The fourth-order valence-electron chi connectivity index (χ4n) is 2.70. The summed E-state index contributed by atoms with van der Waals surface area (Å²) in [6.45, 7) is 7.16. The van der Waals surface area contributed by atoms with E-state index < -0.39 is 0 Å². The second kappa shape index (κ2) is 4.86. The number of fused-ring (bicyclic) bond motifs is 1. The van der Waals surface area contributed by atoms with Crippen LogP contribution in [0.1, 0.15) is 27.2 Å². The van der Waals surface area contributed by atoms with Crippen LogP contribution in [0.4, 0.5) is 5.82 Å². The Morgan fingerprint density at radius 1 is 1.50 bits per heavy atom. The van der Waals surface area contributed by atoms with Gasteiger partial charge in [0, 0.05) is 18.1 Å². The summed E-state index contributed by atoms with van der Waals surface area (Å²) in [4.78, 5) is 8.37. The third kappa shape index (κ3) is 2.13. The minimum atomic E-state index is 0.0590. The normalized spacial score (nSPS) is 24.6. The van der Waals surface area contributed by atoms with Gasteiger partial charge in [0.1, 0.15) is 5.82 Å². The highest BCUT2D eigenvalue weighted by Gasteiger charge is 2.49. The zero-order chi connectivity index (χ0) is 14.3. The van der Waals surface area contributed by atoms with Crippen molar-refractivity contribution in [1.29, 1.82) is 0 Å². The van der Waals surface area contributed by atoms with Crippen LogP contribution in [0.15, 0.2) is 6.20 Å². The second-order valence-electron chi connectivity index (χ2n) is 5.67. The molecule has 2 aromatic rings. The fourth-order valence-corrected chi connectivity index (χ4v) is 2.87. The largest absolute Gasteiger partial charge is 0.378 e. The quantitative estimate of drug-likeness (QED) is 0.848. The third-order valence-electron chi connectivity index (χ3n) is 4.14. The van der Waals surface area contributed by atoms with Crippen LogP contribution < -0.4 is 5.32 Å². The lowest BCUT2D eigenvalue weighted by Gasteiger charge is -2.51. The standard InChI is InChI=1S/C13H18ClN5O/c1-4-20-9-5-8(13(9,2)3)16-10-7-6-15-19-11(7)18-12(14)17-10/h6,8-9H,4-5H2,1-3H3,(H2,15,16,17,18,19). The third-order valence-corrected chi connectivity index (χ3v) is 4.31. The molecule has 1 aliphatic rings. The number of aromatic amines is 1. The molecule has 1 saturated carbocycles. The Morgan fingerprint density at radius 3 is 3.00 bits per heavy atom. The summed E-state index contributed by atoms with van der Waals surface area (Å²) in [5.74, 6) is 0.724. The van der Waals surface area contributed by atoms with E-state index in [1.807, 2.05) is 6.92 Å². The molecule has 7 heteroatoms. The lowest BCUT2D eigenvalue weighted by Crippen LogP contribution is -2.58. The maximum absolute atomic E-state index is 5.94. The van der Waals surface area contributed by atoms with Gasteiger partial charge in [-0.2, -0.15) is 15.1 Å². The van der Waals surface area contributed by atoms with Crippen LogP contribution in [-0.4, -0.2) is 38.9 Å². The van der Waals surface area contributed by atoms with E-state index in [2.05, 4.69) is 39.3 Å². The fraction of sp³-hybridized carbons (Fsp3) is 0.615. The number of aromatic nitrogens is 4. The number of nitrogens with one attached hydrogen (secondary N) is 2. The Hall–Kier alpha value is -1.40. The van der Waals surface area contributed by atoms with Gasteiger partial charge in [-0.25, -0.2) is 0 Å². The highest BCUT2D eigenvalue weighted by Crippen LogP contribution is 2.44. The van der Waals surface area contributed by atoms with Crippen molar-refractivity contribution in [2.45, 2.75) is 39.3 Å². The van der Waals surface area contributed by atoms with Crippen molar-refractivity contribution >= 4 is 28.5 Å². The number of hydrogen-bond acceptors (Lipinski definition) is 5. The van der Waals surface area contributed by atoms with Crippen LogP contribution in [0.3, 0.4) is 0 Å². The van der Waals surface area contributed by atoms with Crippen LogP contribution in [0.5, 0.6) is 0 Å². The second-order valence-corrected chi connectivity index (χ2v) is 6.01. The molecule has 2 aromatic heterocycles. The van der Waals surface area contributed by atoms with Crippen molar-refractivity contribution in [3.05, 3.63) is 11.5 Å². The summed E-state index contributed by atoms with van der Waals surface area (Å²) in [5, 5.41) is 11.3. The first-order valence-corrected chi connectivity index (χ1v) is 7.15. The number of ether oxygens (including phenoxy) is 1. The Kier molecular flexibility index (Phi) is 3.30. The molecule has 2 heterocycles. The lowest BCUT2D eigenvalue weighted by atomic mass is 9.64.